The molecule has 0 aliphatic carbocycles. The molecule has 0 spiro atoms. The first-order valence-corrected chi connectivity index (χ1v) is 7.71. The van der Waals surface area contributed by atoms with Crippen LogP contribution in [0.4, 0.5) is 0 Å². The van der Waals surface area contributed by atoms with E-state index in [4.69, 9.17) is 4.74 Å². The fourth-order valence-corrected chi connectivity index (χ4v) is 2.78. The summed E-state index contributed by atoms with van der Waals surface area (Å²) in [5.41, 5.74) is 1.55. The van der Waals surface area contributed by atoms with E-state index < -0.39 is 0 Å². The Bertz CT molecular complexity index is 695. The van der Waals surface area contributed by atoms with Crippen molar-refractivity contribution in [2.24, 2.45) is 0 Å². The molecule has 0 bridgehead atoms. The molecule has 1 aliphatic rings. The van der Waals surface area contributed by atoms with E-state index in [0.717, 1.165) is 37.4 Å². The van der Waals surface area contributed by atoms with Crippen molar-refractivity contribution in [3.05, 3.63) is 28.1 Å². The molecule has 0 N–H and O–H groups in total. The van der Waals surface area contributed by atoms with Gasteiger partial charge < -0.3 is 4.74 Å². The smallest absolute Gasteiger partial charge is 0.351 e. The van der Waals surface area contributed by atoms with Crippen LogP contribution in [0.3, 0.4) is 0 Å². The van der Waals surface area contributed by atoms with Crippen LogP contribution in [0.25, 0.3) is 5.65 Å². The summed E-state index contributed by atoms with van der Waals surface area (Å²) in [5, 5.41) is 4.47. The molecule has 3 rings (SSSR count). The summed E-state index contributed by atoms with van der Waals surface area (Å²) in [7, 11) is 0. The zero-order chi connectivity index (χ0) is 15.0. The topological polar surface area (TPSA) is 61.4 Å². The van der Waals surface area contributed by atoms with E-state index in [1.807, 2.05) is 19.9 Å². The summed E-state index contributed by atoms with van der Waals surface area (Å²) in [6, 6.07) is 1.90. The molecule has 6 nitrogen and oxygen atoms in total. The Balaban J connectivity index is 2.09. The van der Waals surface area contributed by atoms with Gasteiger partial charge in [0.2, 0.25) is 0 Å². The second-order valence-corrected chi connectivity index (χ2v) is 5.91. The highest BCUT2D eigenvalue weighted by atomic mass is 16.5. The van der Waals surface area contributed by atoms with Crippen LogP contribution in [0.1, 0.15) is 51.0 Å². The van der Waals surface area contributed by atoms with E-state index in [0.29, 0.717) is 12.2 Å². The molecule has 1 atom stereocenters. The van der Waals surface area contributed by atoms with Crippen LogP contribution >= 0.6 is 0 Å². The zero-order valence-corrected chi connectivity index (χ0v) is 12.9. The van der Waals surface area contributed by atoms with Gasteiger partial charge in [0.1, 0.15) is 5.82 Å². The highest BCUT2D eigenvalue weighted by Crippen LogP contribution is 2.16. The molecule has 1 saturated heterocycles. The molecule has 6 heteroatoms. The average molecular weight is 290 g/mol. The summed E-state index contributed by atoms with van der Waals surface area (Å²) in [6.07, 6.45) is 3.00. The zero-order valence-electron chi connectivity index (χ0n) is 12.9. The van der Waals surface area contributed by atoms with Crippen molar-refractivity contribution < 1.29 is 4.74 Å². The van der Waals surface area contributed by atoms with Crippen LogP contribution in [0.5, 0.6) is 0 Å². The largest absolute Gasteiger partial charge is 0.376 e. The van der Waals surface area contributed by atoms with Crippen molar-refractivity contribution in [1.29, 1.82) is 0 Å². The maximum atomic E-state index is 12.6. The van der Waals surface area contributed by atoms with Crippen LogP contribution in [-0.4, -0.2) is 31.9 Å². The highest BCUT2D eigenvalue weighted by molar-refractivity contribution is 5.39. The molecule has 3 heterocycles. The molecule has 1 fully saturated rings. The van der Waals surface area contributed by atoms with E-state index in [1.54, 1.807) is 4.40 Å². The Kier molecular flexibility index (Phi) is 3.80. The van der Waals surface area contributed by atoms with E-state index in [9.17, 15) is 4.79 Å². The number of ether oxygens (including phenoxy) is 1. The van der Waals surface area contributed by atoms with Gasteiger partial charge in [-0.25, -0.2) is 18.9 Å². The van der Waals surface area contributed by atoms with Gasteiger partial charge in [0, 0.05) is 24.3 Å². The number of nitrogens with zero attached hydrogens (tertiary/aromatic N) is 4. The Labute approximate surface area is 123 Å². The van der Waals surface area contributed by atoms with E-state index in [-0.39, 0.29) is 17.7 Å². The van der Waals surface area contributed by atoms with Crippen LogP contribution in [-0.2, 0) is 17.7 Å². The third kappa shape index (κ3) is 2.60. The molecule has 1 unspecified atom stereocenters. The van der Waals surface area contributed by atoms with Gasteiger partial charge in [0.15, 0.2) is 5.65 Å². The number of fused-ring (bicyclic) bond motifs is 1. The predicted octanol–water partition coefficient (Wildman–Crippen LogP) is 1.76. The van der Waals surface area contributed by atoms with Gasteiger partial charge in [-0.3, -0.25) is 0 Å². The summed E-state index contributed by atoms with van der Waals surface area (Å²) < 4.78 is 8.77. The number of rotatable bonds is 4. The fourth-order valence-electron chi connectivity index (χ4n) is 2.78. The lowest BCUT2D eigenvalue weighted by Gasteiger charge is -2.08. The minimum Gasteiger partial charge on any atom is -0.376 e. The van der Waals surface area contributed by atoms with Gasteiger partial charge in [-0.2, -0.15) is 0 Å². The second kappa shape index (κ2) is 5.60. The van der Waals surface area contributed by atoms with Gasteiger partial charge >= 0.3 is 5.69 Å². The second-order valence-electron chi connectivity index (χ2n) is 5.91. The number of aromatic nitrogens is 4. The molecule has 2 aromatic rings. The van der Waals surface area contributed by atoms with Crippen LogP contribution in [0.2, 0.25) is 0 Å². The highest BCUT2D eigenvalue weighted by Gasteiger charge is 2.20. The van der Waals surface area contributed by atoms with Crippen LogP contribution in [0.15, 0.2) is 10.9 Å². The van der Waals surface area contributed by atoms with Gasteiger partial charge in [-0.05, 0) is 19.3 Å². The Hall–Kier alpha value is -1.69. The fraction of sp³-hybridized carbons (Fsp3) is 0.667. The number of aryl methyl sites for hydroxylation is 1. The van der Waals surface area contributed by atoms with E-state index >= 15 is 0 Å². The number of hydrogen-bond acceptors (Lipinski definition) is 4. The van der Waals surface area contributed by atoms with Gasteiger partial charge in [-0.1, -0.05) is 20.8 Å². The summed E-state index contributed by atoms with van der Waals surface area (Å²) in [5.74, 6) is 0.963. The minimum atomic E-state index is -0.112. The van der Waals surface area contributed by atoms with Crippen LogP contribution < -0.4 is 5.69 Å². The van der Waals surface area contributed by atoms with Crippen molar-refractivity contribution >= 4 is 5.65 Å². The minimum absolute atomic E-state index is 0.105. The Morgan fingerprint density at radius 2 is 2.29 bits per heavy atom. The normalized spacial score (nSPS) is 19.0. The van der Waals surface area contributed by atoms with E-state index in [2.05, 4.69) is 17.0 Å². The van der Waals surface area contributed by atoms with E-state index in [1.165, 1.54) is 4.68 Å². The monoisotopic (exact) mass is 290 g/mol. The van der Waals surface area contributed by atoms with Crippen molar-refractivity contribution in [3.8, 4) is 0 Å². The van der Waals surface area contributed by atoms with Crippen molar-refractivity contribution in [2.75, 3.05) is 6.61 Å². The lowest BCUT2D eigenvalue weighted by Crippen LogP contribution is -2.28. The molecule has 0 amide bonds. The van der Waals surface area contributed by atoms with Crippen molar-refractivity contribution in [3.63, 3.8) is 0 Å². The van der Waals surface area contributed by atoms with Gasteiger partial charge in [-0.15, -0.1) is 5.10 Å². The van der Waals surface area contributed by atoms with Gasteiger partial charge in [0.05, 0.1) is 12.6 Å². The maximum Gasteiger partial charge on any atom is 0.351 e. The molecule has 0 radical (unpaired) electrons. The summed E-state index contributed by atoms with van der Waals surface area (Å²) >= 11 is 0. The Morgan fingerprint density at radius 1 is 1.48 bits per heavy atom. The van der Waals surface area contributed by atoms with Gasteiger partial charge in [0.25, 0.3) is 0 Å². The summed E-state index contributed by atoms with van der Waals surface area (Å²) in [6.45, 7) is 7.46. The molecule has 0 saturated carbocycles. The lowest BCUT2D eigenvalue weighted by atomic mass is 10.2. The lowest BCUT2D eigenvalue weighted by molar-refractivity contribution is 0.0931. The molecular weight excluding hydrogens is 268 g/mol. The first-order chi connectivity index (χ1) is 10.1. The number of hydrogen-bond donors (Lipinski definition) is 0. The SMILES string of the molecule is CCc1cc2nn(CC3CCCO3)c(=O)n2c(C(C)C)n1. The first kappa shape index (κ1) is 14.3. The molecule has 21 heavy (non-hydrogen) atoms. The molecule has 1 aliphatic heterocycles. The Morgan fingerprint density at radius 3 is 2.90 bits per heavy atom. The molecular formula is C15H22N4O2. The van der Waals surface area contributed by atoms with Crippen molar-refractivity contribution in [1.82, 2.24) is 19.2 Å². The third-order valence-corrected chi connectivity index (χ3v) is 3.93. The molecule has 114 valence electrons. The van der Waals surface area contributed by atoms with Crippen molar-refractivity contribution in [2.45, 2.75) is 58.6 Å². The predicted molar refractivity (Wildman–Crippen MR) is 79.7 cm³/mol. The molecule has 0 aromatic carbocycles. The van der Waals surface area contributed by atoms with Crippen LogP contribution in [0, 0.1) is 0 Å². The first-order valence-electron chi connectivity index (χ1n) is 7.71. The average Bonchev–Trinajstić information content (AvgIpc) is 3.07. The molecule has 2 aromatic heterocycles. The maximum absolute atomic E-state index is 12.6. The quantitative estimate of drug-likeness (QED) is 0.860. The third-order valence-electron chi connectivity index (χ3n) is 3.93. The summed E-state index contributed by atoms with van der Waals surface area (Å²) in [4.78, 5) is 17.2. The standard InChI is InChI=1S/C15H22N4O2/c1-4-11-8-13-17-18(9-12-6-5-7-21-12)15(20)19(13)14(16-11)10(2)3/h8,10,12H,4-7,9H2,1-3H3.